The minimum atomic E-state index is -0.0399. The summed E-state index contributed by atoms with van der Waals surface area (Å²) in [6.45, 7) is 4.69. The van der Waals surface area contributed by atoms with Crippen LogP contribution in [0, 0.1) is 0 Å². The van der Waals surface area contributed by atoms with E-state index in [0.717, 1.165) is 17.1 Å². The molecule has 0 aliphatic heterocycles. The number of rotatable bonds is 6. The zero-order valence-electron chi connectivity index (χ0n) is 29.8. The number of hydrogen-bond donors (Lipinski definition) is 0. The first-order chi connectivity index (χ1) is 26.0. The third-order valence-electron chi connectivity index (χ3n) is 11.1. The van der Waals surface area contributed by atoms with Crippen LogP contribution in [-0.2, 0) is 5.41 Å². The van der Waals surface area contributed by atoms with Crippen molar-refractivity contribution in [3.63, 3.8) is 0 Å². The lowest BCUT2D eigenvalue weighted by Crippen LogP contribution is -2.15. The summed E-state index contributed by atoms with van der Waals surface area (Å²) in [6, 6.07) is 69.0. The number of hydrogen-bond acceptors (Lipinski definition) is 2. The van der Waals surface area contributed by atoms with Gasteiger partial charge in [0.15, 0.2) is 0 Å². The number of anilines is 3. The molecule has 0 atom stereocenters. The Kier molecular flexibility index (Phi) is 7.42. The summed E-state index contributed by atoms with van der Waals surface area (Å²) in [6.07, 6.45) is 0. The fraction of sp³-hybridized carbons (Fsp3) is 0.0588. The van der Waals surface area contributed by atoms with E-state index < -0.39 is 0 Å². The predicted molar refractivity (Wildman–Crippen MR) is 228 cm³/mol. The van der Waals surface area contributed by atoms with E-state index in [4.69, 9.17) is 0 Å². The SMILES string of the molecule is CC1(C)c2ccccc2-c2cc(N(c3ccc(-c4ccccc4)cc3)c3ccc(-c4cc(-c5ccccc5)c5sc6ccccc6c5c4)cc3)ccc21. The molecule has 0 amide bonds. The highest BCUT2D eigenvalue weighted by Gasteiger charge is 2.35. The zero-order valence-corrected chi connectivity index (χ0v) is 30.6. The first-order valence-electron chi connectivity index (χ1n) is 18.3. The van der Waals surface area contributed by atoms with Crippen molar-refractivity contribution in [2.75, 3.05) is 4.90 Å². The molecule has 252 valence electrons. The zero-order chi connectivity index (χ0) is 35.5. The Hall–Kier alpha value is -6.22. The van der Waals surface area contributed by atoms with Crippen molar-refractivity contribution in [2.45, 2.75) is 19.3 Å². The Morgan fingerprint density at radius 2 is 0.925 bits per heavy atom. The van der Waals surface area contributed by atoms with Crippen LogP contribution in [0.2, 0.25) is 0 Å². The molecule has 2 heteroatoms. The first-order valence-corrected chi connectivity index (χ1v) is 19.2. The lowest BCUT2D eigenvalue weighted by Gasteiger charge is -2.27. The summed E-state index contributed by atoms with van der Waals surface area (Å²) in [5.41, 5.74) is 16.1. The molecule has 1 nitrogen and oxygen atoms in total. The van der Waals surface area contributed by atoms with Crippen molar-refractivity contribution >= 4 is 48.6 Å². The van der Waals surface area contributed by atoms with Crippen LogP contribution in [0.1, 0.15) is 25.0 Å². The number of benzene rings is 8. The molecule has 1 aromatic heterocycles. The van der Waals surface area contributed by atoms with Gasteiger partial charge < -0.3 is 4.90 Å². The summed E-state index contributed by atoms with van der Waals surface area (Å²) in [7, 11) is 0. The van der Waals surface area contributed by atoms with Crippen molar-refractivity contribution in [2.24, 2.45) is 0 Å². The smallest absolute Gasteiger partial charge is 0.0468 e. The van der Waals surface area contributed by atoms with Gasteiger partial charge in [0.2, 0.25) is 0 Å². The van der Waals surface area contributed by atoms with Crippen molar-refractivity contribution in [3.8, 4) is 44.5 Å². The normalized spacial score (nSPS) is 12.9. The molecule has 0 fully saturated rings. The largest absolute Gasteiger partial charge is 0.310 e. The van der Waals surface area contributed by atoms with Gasteiger partial charge in [0.25, 0.3) is 0 Å². The van der Waals surface area contributed by atoms with Gasteiger partial charge in [-0.3, -0.25) is 0 Å². The van der Waals surface area contributed by atoms with Gasteiger partial charge in [-0.05, 0) is 105 Å². The van der Waals surface area contributed by atoms with Gasteiger partial charge in [-0.1, -0.05) is 147 Å². The minimum absolute atomic E-state index is 0.0399. The molecule has 0 bridgehead atoms. The summed E-state index contributed by atoms with van der Waals surface area (Å²) in [4.78, 5) is 2.40. The Bertz CT molecular complexity index is 2780. The Morgan fingerprint density at radius 1 is 0.377 bits per heavy atom. The lowest BCUT2D eigenvalue weighted by molar-refractivity contribution is 0.660. The van der Waals surface area contributed by atoms with Crippen molar-refractivity contribution < 1.29 is 0 Å². The van der Waals surface area contributed by atoms with Crippen LogP contribution >= 0.6 is 11.3 Å². The molecule has 53 heavy (non-hydrogen) atoms. The summed E-state index contributed by atoms with van der Waals surface area (Å²) in [5.74, 6) is 0. The van der Waals surface area contributed by atoms with E-state index in [-0.39, 0.29) is 5.41 Å². The van der Waals surface area contributed by atoms with Crippen LogP contribution in [0.25, 0.3) is 64.7 Å². The second kappa shape index (κ2) is 12.5. The molecule has 1 aliphatic rings. The molecule has 0 radical (unpaired) electrons. The molecule has 0 unspecified atom stereocenters. The molecule has 8 aromatic carbocycles. The fourth-order valence-corrected chi connectivity index (χ4v) is 9.58. The second-order valence-corrected chi connectivity index (χ2v) is 15.6. The van der Waals surface area contributed by atoms with Crippen molar-refractivity contribution in [1.29, 1.82) is 0 Å². The highest BCUT2D eigenvalue weighted by molar-refractivity contribution is 7.26. The van der Waals surface area contributed by atoms with E-state index in [9.17, 15) is 0 Å². The molecule has 1 heterocycles. The number of nitrogens with zero attached hydrogens (tertiary/aromatic N) is 1. The van der Waals surface area contributed by atoms with Crippen LogP contribution in [0.3, 0.4) is 0 Å². The van der Waals surface area contributed by atoms with Gasteiger partial charge in [-0.2, -0.15) is 0 Å². The summed E-state index contributed by atoms with van der Waals surface area (Å²) >= 11 is 1.89. The lowest BCUT2D eigenvalue weighted by atomic mass is 9.82. The highest BCUT2D eigenvalue weighted by Crippen LogP contribution is 2.51. The maximum Gasteiger partial charge on any atom is 0.0468 e. The molecule has 1 aliphatic carbocycles. The first kappa shape index (κ1) is 31.5. The minimum Gasteiger partial charge on any atom is -0.310 e. The molecule has 0 saturated carbocycles. The maximum atomic E-state index is 2.40. The summed E-state index contributed by atoms with van der Waals surface area (Å²) < 4.78 is 2.66. The molecule has 0 spiro atoms. The van der Waals surface area contributed by atoms with E-state index in [1.807, 2.05) is 11.3 Å². The van der Waals surface area contributed by atoms with Gasteiger partial charge >= 0.3 is 0 Å². The second-order valence-electron chi connectivity index (χ2n) is 14.6. The van der Waals surface area contributed by atoms with Crippen LogP contribution < -0.4 is 4.90 Å². The van der Waals surface area contributed by atoms with Gasteiger partial charge in [-0.15, -0.1) is 11.3 Å². The fourth-order valence-electron chi connectivity index (χ4n) is 8.36. The quantitative estimate of drug-likeness (QED) is 0.167. The van der Waals surface area contributed by atoms with Gasteiger partial charge in [-0.25, -0.2) is 0 Å². The van der Waals surface area contributed by atoms with E-state index in [0.29, 0.717) is 0 Å². The van der Waals surface area contributed by atoms with Crippen LogP contribution in [0.5, 0.6) is 0 Å². The van der Waals surface area contributed by atoms with Crippen molar-refractivity contribution in [3.05, 3.63) is 199 Å². The average Bonchev–Trinajstić information content (AvgIpc) is 3.70. The predicted octanol–water partition coefficient (Wildman–Crippen LogP) is 14.8. The molecule has 0 saturated heterocycles. The molecular formula is C51H37NS. The number of thiophene rings is 1. The number of fused-ring (bicyclic) bond motifs is 6. The van der Waals surface area contributed by atoms with Crippen LogP contribution in [0.15, 0.2) is 188 Å². The third kappa shape index (κ3) is 5.29. The molecular weight excluding hydrogens is 659 g/mol. The van der Waals surface area contributed by atoms with Crippen LogP contribution in [0.4, 0.5) is 17.1 Å². The highest BCUT2D eigenvalue weighted by atomic mass is 32.1. The molecule has 0 N–H and O–H groups in total. The summed E-state index contributed by atoms with van der Waals surface area (Å²) in [5, 5.41) is 2.63. The maximum absolute atomic E-state index is 2.40. The Balaban J connectivity index is 1.10. The Labute approximate surface area is 315 Å². The average molecular weight is 696 g/mol. The van der Waals surface area contributed by atoms with Gasteiger partial charge in [0, 0.05) is 48.2 Å². The molecule has 10 rings (SSSR count). The van der Waals surface area contributed by atoms with Crippen LogP contribution in [-0.4, -0.2) is 0 Å². The topological polar surface area (TPSA) is 3.24 Å². The van der Waals surface area contributed by atoms with Gasteiger partial charge in [0.1, 0.15) is 0 Å². The van der Waals surface area contributed by atoms with Crippen molar-refractivity contribution in [1.82, 2.24) is 0 Å². The van der Waals surface area contributed by atoms with Gasteiger partial charge in [0.05, 0.1) is 0 Å². The monoisotopic (exact) mass is 695 g/mol. The van der Waals surface area contributed by atoms with E-state index in [2.05, 4.69) is 207 Å². The van der Waals surface area contributed by atoms with E-state index in [1.165, 1.54) is 75.8 Å². The standard InChI is InChI=1S/C51H37NS/c1-51(2)47-19-11-9-17-42(47)45-33-41(29-30-48(45)51)52(39-25-21-35(22-26-39)34-13-5-3-6-14-34)40-27-23-36(24-28-40)38-31-44(37-15-7-4-8-16-37)50-46(32-38)43-18-10-12-20-49(43)53-50/h3-33H,1-2H3. The van der Waals surface area contributed by atoms with E-state index >= 15 is 0 Å². The Morgan fingerprint density at radius 3 is 1.64 bits per heavy atom. The third-order valence-corrected chi connectivity index (χ3v) is 12.3. The molecule has 9 aromatic rings. The van der Waals surface area contributed by atoms with E-state index in [1.54, 1.807) is 0 Å².